The first-order chi connectivity index (χ1) is 22.5. The number of hydrogen-bond donors (Lipinski definition) is 3. The molecule has 0 unspecified atom stereocenters. The van der Waals surface area contributed by atoms with E-state index < -0.39 is 29.1 Å². The number of halogens is 2. The highest BCUT2D eigenvalue weighted by molar-refractivity contribution is 6.35. The molecule has 3 N–H and O–H groups in total. The molecule has 12 heteroatoms. The van der Waals surface area contributed by atoms with Gasteiger partial charge in [0.15, 0.2) is 11.6 Å². The fraction of sp³-hybridized carbons (Fsp3) is 0.400. The van der Waals surface area contributed by atoms with E-state index >= 15 is 0 Å². The van der Waals surface area contributed by atoms with E-state index in [1.54, 1.807) is 70.3 Å². The smallest absolute Gasteiger partial charge is 0.306 e. The number of ether oxygens (including phenoxy) is 4. The number of carbonyl (C=O) groups is 2. The first-order valence-corrected chi connectivity index (χ1v) is 16.1. The molecule has 3 aromatic rings. The number of aliphatic imine (C=N–C) groups is 1. The van der Waals surface area contributed by atoms with Crippen LogP contribution in [0.2, 0.25) is 10.0 Å². The summed E-state index contributed by atoms with van der Waals surface area (Å²) in [5.74, 6) is 0.538. The van der Waals surface area contributed by atoms with Gasteiger partial charge >= 0.3 is 5.97 Å². The van der Waals surface area contributed by atoms with Gasteiger partial charge in [0.1, 0.15) is 17.1 Å². The minimum atomic E-state index is -1.63. The number of hydrogen-bond acceptors (Lipinski definition) is 9. The maximum Gasteiger partial charge on any atom is 0.306 e. The molecule has 1 heterocycles. The number of aliphatic hydroxyl groups excluding tert-OH is 1. The van der Waals surface area contributed by atoms with Crippen LogP contribution in [-0.4, -0.2) is 60.9 Å². The zero-order valence-corrected chi connectivity index (χ0v) is 28.5. The van der Waals surface area contributed by atoms with Crippen LogP contribution in [0, 0.1) is 0 Å². The summed E-state index contributed by atoms with van der Waals surface area (Å²) in [5, 5.41) is 9.75. The monoisotopic (exact) mass is 685 g/mol. The lowest BCUT2D eigenvalue weighted by molar-refractivity contribution is -0.155. The second kappa shape index (κ2) is 16.3. The number of nitrogens with zero attached hydrogens (tertiary/aromatic N) is 1. The van der Waals surface area contributed by atoms with Gasteiger partial charge in [0.05, 0.1) is 13.7 Å². The standard InChI is InChI=1S/C35H41Cl2N3O7/c1-34(2,3)47-30(42)16-18-35(33(43)40-38-19-17-23-8-5-6-9-29(23)44-4)31(27-15-12-25(36)22-28(27)37)46-32(39-35)24-10-13-26(14-11-24)45-21-7-20-41/h5-6,8-15,22,31,38,41H,7,16-21H2,1-4H3,(H,40,43)/t31-,35-/m0/s1. The van der Waals surface area contributed by atoms with E-state index in [1.807, 2.05) is 24.3 Å². The number of methoxy groups -OCH3 is 1. The summed E-state index contributed by atoms with van der Waals surface area (Å²) in [5.41, 5.74) is 5.51. The molecule has 1 amide bonds. The van der Waals surface area contributed by atoms with Gasteiger partial charge in [-0.1, -0.05) is 47.5 Å². The SMILES string of the molecule is COc1ccccc1CCNNC(=O)[C@@]1(CCC(=O)OC(C)(C)C)N=C(c2ccc(OCCCO)cc2)O[C@H]1c1ccc(Cl)cc1Cl. The molecule has 3 aromatic carbocycles. The Morgan fingerprint density at radius 1 is 1.06 bits per heavy atom. The fourth-order valence-electron chi connectivity index (χ4n) is 5.10. The fourth-order valence-corrected chi connectivity index (χ4v) is 5.61. The van der Waals surface area contributed by atoms with Crippen molar-refractivity contribution in [2.24, 2.45) is 4.99 Å². The Labute approximate surface area is 285 Å². The lowest BCUT2D eigenvalue weighted by Crippen LogP contribution is -2.53. The van der Waals surface area contributed by atoms with Gasteiger partial charge in [0.2, 0.25) is 5.90 Å². The molecule has 252 valence electrons. The molecule has 0 aliphatic carbocycles. The van der Waals surface area contributed by atoms with Crippen molar-refractivity contribution in [2.75, 3.05) is 26.9 Å². The van der Waals surface area contributed by atoms with Crippen LogP contribution in [0.4, 0.5) is 0 Å². The van der Waals surface area contributed by atoms with E-state index in [0.29, 0.717) is 47.9 Å². The van der Waals surface area contributed by atoms with Crippen LogP contribution in [0.3, 0.4) is 0 Å². The van der Waals surface area contributed by atoms with Gasteiger partial charge in [-0.3, -0.25) is 15.0 Å². The maximum absolute atomic E-state index is 14.3. The van der Waals surface area contributed by atoms with E-state index in [9.17, 15) is 9.59 Å². The van der Waals surface area contributed by atoms with Gasteiger partial charge < -0.3 is 24.1 Å². The summed E-state index contributed by atoms with van der Waals surface area (Å²) >= 11 is 12.9. The minimum Gasteiger partial charge on any atom is -0.496 e. The summed E-state index contributed by atoms with van der Waals surface area (Å²) in [4.78, 5) is 32.2. The Morgan fingerprint density at radius 2 is 1.81 bits per heavy atom. The van der Waals surface area contributed by atoms with Crippen LogP contribution in [0.15, 0.2) is 71.7 Å². The van der Waals surface area contributed by atoms with Gasteiger partial charge in [-0.15, -0.1) is 0 Å². The Kier molecular flexibility index (Phi) is 12.5. The molecule has 0 aromatic heterocycles. The van der Waals surface area contributed by atoms with E-state index in [1.165, 1.54) is 0 Å². The van der Waals surface area contributed by atoms with Crippen LogP contribution in [0.1, 0.15) is 62.8 Å². The largest absolute Gasteiger partial charge is 0.496 e. The van der Waals surface area contributed by atoms with Crippen molar-refractivity contribution in [2.45, 2.75) is 63.7 Å². The van der Waals surface area contributed by atoms with Gasteiger partial charge in [0, 0.05) is 47.2 Å². The van der Waals surface area contributed by atoms with Crippen molar-refractivity contribution < 1.29 is 33.6 Å². The summed E-state index contributed by atoms with van der Waals surface area (Å²) in [6.07, 6.45) is -0.105. The number of carbonyl (C=O) groups excluding carboxylic acids is 2. The summed E-state index contributed by atoms with van der Waals surface area (Å²) in [6.45, 7) is 6.11. The maximum atomic E-state index is 14.3. The zero-order chi connectivity index (χ0) is 34.0. The molecule has 47 heavy (non-hydrogen) atoms. The quantitative estimate of drug-likeness (QED) is 0.101. The first kappa shape index (κ1) is 36.0. The van der Waals surface area contributed by atoms with Crippen molar-refractivity contribution in [1.82, 2.24) is 10.9 Å². The van der Waals surface area contributed by atoms with E-state index in [4.69, 9.17) is 52.2 Å². The topological polar surface area (TPSA) is 128 Å². The lowest BCUT2D eigenvalue weighted by Gasteiger charge is -2.31. The van der Waals surface area contributed by atoms with Crippen molar-refractivity contribution in [3.8, 4) is 11.5 Å². The molecule has 0 bridgehead atoms. The summed E-state index contributed by atoms with van der Waals surface area (Å²) in [6, 6.07) is 19.6. The van der Waals surface area contributed by atoms with Gasteiger partial charge in [-0.05, 0) is 81.6 Å². The molecular weight excluding hydrogens is 645 g/mol. The van der Waals surface area contributed by atoms with Gasteiger partial charge in [-0.25, -0.2) is 10.4 Å². The summed E-state index contributed by atoms with van der Waals surface area (Å²) < 4.78 is 23.1. The zero-order valence-electron chi connectivity index (χ0n) is 27.0. The molecule has 4 rings (SSSR count). The Hall–Kier alpha value is -3.83. The number of amides is 1. The Morgan fingerprint density at radius 3 is 2.49 bits per heavy atom. The second-order valence-electron chi connectivity index (χ2n) is 12.0. The molecular formula is C35H41Cl2N3O7. The molecule has 1 aliphatic heterocycles. The molecule has 0 spiro atoms. The van der Waals surface area contributed by atoms with Crippen LogP contribution >= 0.6 is 23.2 Å². The van der Waals surface area contributed by atoms with E-state index in [2.05, 4.69) is 10.9 Å². The molecule has 0 saturated heterocycles. The van der Waals surface area contributed by atoms with Crippen molar-refractivity contribution >= 4 is 41.0 Å². The molecule has 10 nitrogen and oxygen atoms in total. The van der Waals surface area contributed by atoms with Crippen molar-refractivity contribution in [3.05, 3.63) is 93.5 Å². The van der Waals surface area contributed by atoms with E-state index in [0.717, 1.165) is 11.3 Å². The van der Waals surface area contributed by atoms with Crippen molar-refractivity contribution in [1.29, 1.82) is 0 Å². The third-order valence-corrected chi connectivity index (χ3v) is 7.88. The predicted molar refractivity (Wildman–Crippen MR) is 181 cm³/mol. The molecule has 0 saturated carbocycles. The second-order valence-corrected chi connectivity index (χ2v) is 12.8. The number of rotatable bonds is 15. The summed E-state index contributed by atoms with van der Waals surface area (Å²) in [7, 11) is 1.61. The Balaban J connectivity index is 1.67. The average molecular weight is 687 g/mol. The number of benzene rings is 3. The van der Waals surface area contributed by atoms with Crippen LogP contribution in [0.25, 0.3) is 0 Å². The first-order valence-electron chi connectivity index (χ1n) is 15.4. The number of para-hydroxylation sites is 1. The number of esters is 1. The normalized spacial score (nSPS) is 17.4. The van der Waals surface area contributed by atoms with E-state index in [-0.39, 0.29) is 30.4 Å². The molecule has 1 aliphatic rings. The van der Waals surface area contributed by atoms with Gasteiger partial charge in [0.25, 0.3) is 5.91 Å². The minimum absolute atomic E-state index is 0.0279. The Bertz CT molecular complexity index is 1560. The number of nitrogens with one attached hydrogen (secondary N) is 2. The third-order valence-electron chi connectivity index (χ3n) is 7.32. The van der Waals surface area contributed by atoms with Gasteiger partial charge in [-0.2, -0.15) is 0 Å². The van der Waals surface area contributed by atoms with Crippen LogP contribution < -0.4 is 20.3 Å². The number of aliphatic hydroxyl groups is 1. The highest BCUT2D eigenvalue weighted by atomic mass is 35.5. The van der Waals surface area contributed by atoms with Crippen LogP contribution in [0.5, 0.6) is 11.5 Å². The predicted octanol–water partition coefficient (Wildman–Crippen LogP) is 6.01. The molecule has 0 fully saturated rings. The lowest BCUT2D eigenvalue weighted by atomic mass is 9.83. The number of hydrazine groups is 1. The van der Waals surface area contributed by atoms with Crippen LogP contribution in [-0.2, 0) is 25.5 Å². The highest BCUT2D eigenvalue weighted by Crippen LogP contribution is 2.45. The van der Waals surface area contributed by atoms with Crippen molar-refractivity contribution in [3.63, 3.8) is 0 Å². The average Bonchev–Trinajstić information content (AvgIpc) is 3.42. The third kappa shape index (κ3) is 9.60. The highest BCUT2D eigenvalue weighted by Gasteiger charge is 2.54. The molecule has 2 atom stereocenters. The molecule has 0 radical (unpaired) electrons.